The fourth-order valence-electron chi connectivity index (χ4n) is 3.49. The Morgan fingerprint density at radius 2 is 2.00 bits per heavy atom. The summed E-state index contributed by atoms with van der Waals surface area (Å²) >= 11 is 0. The maximum absolute atomic E-state index is 12.7. The van der Waals surface area contributed by atoms with Gasteiger partial charge in [-0.15, -0.1) is 0 Å². The van der Waals surface area contributed by atoms with Crippen LogP contribution in [0.4, 0.5) is 5.69 Å². The van der Waals surface area contributed by atoms with Gasteiger partial charge in [-0.2, -0.15) is 5.10 Å². The van der Waals surface area contributed by atoms with Crippen LogP contribution in [0.5, 0.6) is 5.75 Å². The lowest BCUT2D eigenvalue weighted by Crippen LogP contribution is -2.31. The first-order valence-corrected chi connectivity index (χ1v) is 9.48. The van der Waals surface area contributed by atoms with E-state index in [0.717, 1.165) is 5.69 Å². The molecule has 1 aromatic heterocycles. The van der Waals surface area contributed by atoms with E-state index in [1.54, 1.807) is 47.2 Å². The average Bonchev–Trinajstić information content (AvgIpc) is 3.46. The summed E-state index contributed by atoms with van der Waals surface area (Å²) in [6, 6.07) is 16.4. The SMILES string of the molecule is COc1cccc(C(=O)N2CC[C@@H](C(=O)Nc3cccc(-n4cccn4)c3)C2)c1. The van der Waals surface area contributed by atoms with Crippen molar-refractivity contribution in [3.63, 3.8) is 0 Å². The molecular weight excluding hydrogens is 368 g/mol. The van der Waals surface area contributed by atoms with Crippen LogP contribution in [0.3, 0.4) is 0 Å². The second kappa shape index (κ2) is 8.18. The number of likely N-dealkylation sites (tertiary alicyclic amines) is 1. The number of aromatic nitrogens is 2. The van der Waals surface area contributed by atoms with E-state index >= 15 is 0 Å². The van der Waals surface area contributed by atoms with Crippen LogP contribution in [0.2, 0.25) is 0 Å². The highest BCUT2D eigenvalue weighted by molar-refractivity contribution is 5.97. The van der Waals surface area contributed by atoms with Gasteiger partial charge in [-0.3, -0.25) is 9.59 Å². The molecule has 1 aliphatic rings. The molecular formula is C22H22N4O3. The van der Waals surface area contributed by atoms with Crippen molar-refractivity contribution in [3.8, 4) is 11.4 Å². The van der Waals surface area contributed by atoms with Crippen molar-refractivity contribution in [3.05, 3.63) is 72.6 Å². The molecule has 148 valence electrons. The van der Waals surface area contributed by atoms with Crippen LogP contribution in [0.15, 0.2) is 67.0 Å². The van der Waals surface area contributed by atoms with E-state index < -0.39 is 0 Å². The minimum Gasteiger partial charge on any atom is -0.497 e. The number of rotatable bonds is 5. The lowest BCUT2D eigenvalue weighted by Gasteiger charge is -2.17. The highest BCUT2D eigenvalue weighted by atomic mass is 16.5. The van der Waals surface area contributed by atoms with Crippen LogP contribution in [0, 0.1) is 5.92 Å². The maximum atomic E-state index is 12.7. The number of methoxy groups -OCH3 is 1. The zero-order chi connectivity index (χ0) is 20.2. The Hall–Kier alpha value is -3.61. The monoisotopic (exact) mass is 390 g/mol. The van der Waals surface area contributed by atoms with E-state index in [2.05, 4.69) is 10.4 Å². The summed E-state index contributed by atoms with van der Waals surface area (Å²) in [5.74, 6) is 0.239. The molecule has 0 aliphatic carbocycles. The molecule has 0 radical (unpaired) electrons. The van der Waals surface area contributed by atoms with E-state index in [-0.39, 0.29) is 17.7 Å². The molecule has 3 aromatic rings. The van der Waals surface area contributed by atoms with Crippen LogP contribution in [-0.2, 0) is 4.79 Å². The van der Waals surface area contributed by atoms with E-state index in [1.165, 1.54) is 0 Å². The van der Waals surface area contributed by atoms with Crippen molar-refractivity contribution in [2.75, 3.05) is 25.5 Å². The Bertz CT molecular complexity index is 1020. The van der Waals surface area contributed by atoms with Gasteiger partial charge in [-0.1, -0.05) is 12.1 Å². The molecule has 0 unspecified atom stereocenters. The molecule has 4 rings (SSSR count). The first-order chi connectivity index (χ1) is 14.1. The van der Waals surface area contributed by atoms with Crippen molar-refractivity contribution < 1.29 is 14.3 Å². The Kier molecular flexibility index (Phi) is 5.29. The molecule has 7 nitrogen and oxygen atoms in total. The molecule has 2 heterocycles. The second-order valence-corrected chi connectivity index (χ2v) is 6.96. The van der Waals surface area contributed by atoms with Crippen LogP contribution >= 0.6 is 0 Å². The van der Waals surface area contributed by atoms with Gasteiger partial charge in [0.2, 0.25) is 5.91 Å². The normalized spacial score (nSPS) is 15.9. The Morgan fingerprint density at radius 3 is 2.79 bits per heavy atom. The lowest BCUT2D eigenvalue weighted by molar-refractivity contribution is -0.119. The number of benzene rings is 2. The smallest absolute Gasteiger partial charge is 0.254 e. The Balaban J connectivity index is 1.39. The maximum Gasteiger partial charge on any atom is 0.254 e. The third kappa shape index (κ3) is 4.13. The van der Waals surface area contributed by atoms with E-state index in [4.69, 9.17) is 4.74 Å². The van der Waals surface area contributed by atoms with Gasteiger partial charge in [0.05, 0.1) is 18.7 Å². The number of hydrogen-bond donors (Lipinski definition) is 1. The first-order valence-electron chi connectivity index (χ1n) is 9.48. The lowest BCUT2D eigenvalue weighted by atomic mass is 10.1. The highest BCUT2D eigenvalue weighted by Crippen LogP contribution is 2.23. The molecule has 1 atom stereocenters. The predicted molar refractivity (Wildman–Crippen MR) is 109 cm³/mol. The van der Waals surface area contributed by atoms with Gasteiger partial charge in [0.25, 0.3) is 5.91 Å². The minimum atomic E-state index is -0.238. The van der Waals surface area contributed by atoms with Gasteiger partial charge in [-0.05, 0) is 48.9 Å². The number of nitrogens with one attached hydrogen (secondary N) is 1. The summed E-state index contributed by atoms with van der Waals surface area (Å²) in [7, 11) is 1.57. The molecule has 1 fully saturated rings. The molecule has 0 spiro atoms. The molecule has 0 bridgehead atoms. The number of carbonyl (C=O) groups is 2. The minimum absolute atomic E-state index is 0.0800. The quantitative estimate of drug-likeness (QED) is 0.727. The zero-order valence-electron chi connectivity index (χ0n) is 16.1. The highest BCUT2D eigenvalue weighted by Gasteiger charge is 2.31. The summed E-state index contributed by atoms with van der Waals surface area (Å²) in [5, 5.41) is 7.17. The van der Waals surface area contributed by atoms with Gasteiger partial charge in [-0.25, -0.2) is 4.68 Å². The van der Waals surface area contributed by atoms with Gasteiger partial charge in [0.1, 0.15) is 5.75 Å². The van der Waals surface area contributed by atoms with Crippen molar-refractivity contribution in [1.29, 1.82) is 0 Å². The van der Waals surface area contributed by atoms with Gasteiger partial charge >= 0.3 is 0 Å². The van der Waals surface area contributed by atoms with Gasteiger partial charge in [0, 0.05) is 36.7 Å². The van der Waals surface area contributed by atoms with Gasteiger partial charge < -0.3 is 15.0 Å². The number of nitrogens with zero attached hydrogens (tertiary/aromatic N) is 3. The molecule has 2 aromatic carbocycles. The van der Waals surface area contributed by atoms with Crippen molar-refractivity contribution in [2.45, 2.75) is 6.42 Å². The van der Waals surface area contributed by atoms with Crippen LogP contribution < -0.4 is 10.1 Å². The Labute approximate surface area is 168 Å². The fraction of sp³-hybridized carbons (Fsp3) is 0.227. The van der Waals surface area contributed by atoms with Crippen molar-refractivity contribution in [1.82, 2.24) is 14.7 Å². The molecule has 1 aliphatic heterocycles. The average molecular weight is 390 g/mol. The number of anilines is 1. The predicted octanol–water partition coefficient (Wildman–Crippen LogP) is 2.98. The summed E-state index contributed by atoms with van der Waals surface area (Å²) in [5.41, 5.74) is 2.15. The van der Waals surface area contributed by atoms with E-state index in [1.807, 2.05) is 36.5 Å². The number of ether oxygens (including phenoxy) is 1. The number of hydrogen-bond acceptors (Lipinski definition) is 4. The van der Waals surface area contributed by atoms with Crippen LogP contribution in [0.1, 0.15) is 16.8 Å². The van der Waals surface area contributed by atoms with E-state index in [9.17, 15) is 9.59 Å². The molecule has 1 saturated heterocycles. The standard InChI is InChI=1S/C22H22N4O3/c1-29-20-8-2-5-16(13-20)22(28)25-12-9-17(15-25)21(27)24-18-6-3-7-19(14-18)26-11-4-10-23-26/h2-8,10-11,13-14,17H,9,12,15H2,1H3,(H,24,27)/t17-/m1/s1. The number of carbonyl (C=O) groups excluding carboxylic acids is 2. The first kappa shape index (κ1) is 18.7. The summed E-state index contributed by atoms with van der Waals surface area (Å²) < 4.78 is 6.92. The number of amides is 2. The summed E-state index contributed by atoms with van der Waals surface area (Å²) in [6.45, 7) is 0.960. The molecule has 29 heavy (non-hydrogen) atoms. The van der Waals surface area contributed by atoms with Crippen LogP contribution in [-0.4, -0.2) is 46.7 Å². The zero-order valence-corrected chi connectivity index (χ0v) is 16.1. The molecule has 1 N–H and O–H groups in total. The van der Waals surface area contributed by atoms with Crippen molar-refractivity contribution >= 4 is 17.5 Å². The molecule has 7 heteroatoms. The molecule has 2 amide bonds. The fourth-order valence-corrected chi connectivity index (χ4v) is 3.49. The summed E-state index contributed by atoms with van der Waals surface area (Å²) in [4.78, 5) is 27.2. The second-order valence-electron chi connectivity index (χ2n) is 6.96. The largest absolute Gasteiger partial charge is 0.497 e. The van der Waals surface area contributed by atoms with Crippen molar-refractivity contribution in [2.24, 2.45) is 5.92 Å². The van der Waals surface area contributed by atoms with Crippen LogP contribution in [0.25, 0.3) is 5.69 Å². The van der Waals surface area contributed by atoms with Gasteiger partial charge in [0.15, 0.2) is 0 Å². The van der Waals surface area contributed by atoms with E-state index in [0.29, 0.717) is 36.5 Å². The topological polar surface area (TPSA) is 76.5 Å². The third-order valence-corrected chi connectivity index (χ3v) is 5.05. The summed E-state index contributed by atoms with van der Waals surface area (Å²) in [6.07, 6.45) is 4.19. The third-order valence-electron chi connectivity index (χ3n) is 5.05. The Morgan fingerprint density at radius 1 is 1.14 bits per heavy atom. The molecule has 0 saturated carbocycles.